The third-order valence-electron chi connectivity index (χ3n) is 6.49. The summed E-state index contributed by atoms with van der Waals surface area (Å²) < 4.78 is 7.45. The van der Waals surface area contributed by atoms with Crippen molar-refractivity contribution < 1.29 is 4.42 Å². The zero-order valence-corrected chi connectivity index (χ0v) is 19.1. The number of likely N-dealkylation sites (tertiary alicyclic amines) is 1. The summed E-state index contributed by atoms with van der Waals surface area (Å²) in [6, 6.07) is 11.1. The van der Waals surface area contributed by atoms with Gasteiger partial charge in [0.1, 0.15) is 0 Å². The normalized spacial score (nSPS) is 23.1. The number of benzene rings is 1. The number of rotatable bonds is 7. The number of thioether (sulfide) groups is 1. The van der Waals surface area contributed by atoms with Crippen LogP contribution in [-0.4, -0.2) is 50.0 Å². The van der Waals surface area contributed by atoms with E-state index in [0.29, 0.717) is 11.2 Å². The minimum Gasteiger partial charge on any atom is -0.440 e. The lowest BCUT2D eigenvalue weighted by atomic mass is 9.98. The van der Waals surface area contributed by atoms with Crippen LogP contribution in [0.15, 0.2) is 46.3 Å². The predicted molar refractivity (Wildman–Crippen MR) is 121 cm³/mol. The zero-order valence-electron chi connectivity index (χ0n) is 17.5. The van der Waals surface area contributed by atoms with E-state index < -0.39 is 0 Å². The third-order valence-corrected chi connectivity index (χ3v) is 7.60. The summed E-state index contributed by atoms with van der Waals surface area (Å²) in [6.07, 6.45) is 5.34. The molecule has 1 saturated carbocycles. The van der Waals surface area contributed by atoms with Crippen LogP contribution >= 0.6 is 24.2 Å². The Balaban J connectivity index is 0.00000218. The van der Waals surface area contributed by atoms with Crippen molar-refractivity contribution in [1.29, 1.82) is 0 Å². The standard InChI is InChI=1S/C22H27N5OS.ClH/c1-16-19(28-15-23-16)20-24-25-21(26(20)2)29-12-6-10-27-11-9-22(14-27)13-18(22)17-7-4-3-5-8-17;/h3-5,7-8,15,18H,6,9-14H2,1-2H3;1H/t18-,22+;/m1./s1. The molecule has 160 valence electrons. The summed E-state index contributed by atoms with van der Waals surface area (Å²) in [7, 11) is 1.99. The van der Waals surface area contributed by atoms with Gasteiger partial charge in [-0.05, 0) is 56.2 Å². The van der Waals surface area contributed by atoms with Gasteiger partial charge in [-0.15, -0.1) is 22.6 Å². The Labute approximate surface area is 187 Å². The van der Waals surface area contributed by atoms with E-state index in [-0.39, 0.29) is 12.4 Å². The topological polar surface area (TPSA) is 60.0 Å². The van der Waals surface area contributed by atoms with Crippen molar-refractivity contribution >= 4 is 24.2 Å². The van der Waals surface area contributed by atoms with E-state index in [9.17, 15) is 0 Å². The number of oxazole rings is 1. The number of aromatic nitrogens is 4. The van der Waals surface area contributed by atoms with Crippen LogP contribution in [0.2, 0.25) is 0 Å². The average molecular weight is 446 g/mol. The Morgan fingerprint density at radius 2 is 2.07 bits per heavy atom. The molecule has 1 aliphatic heterocycles. The van der Waals surface area contributed by atoms with Gasteiger partial charge in [0.05, 0.1) is 5.69 Å². The maximum Gasteiger partial charge on any atom is 0.202 e. The average Bonchev–Trinajstić information content (AvgIpc) is 3.02. The minimum atomic E-state index is 0. The van der Waals surface area contributed by atoms with Crippen molar-refractivity contribution in [2.45, 2.75) is 37.3 Å². The number of hydrogen-bond acceptors (Lipinski definition) is 6. The summed E-state index contributed by atoms with van der Waals surface area (Å²) >= 11 is 1.77. The first-order valence-electron chi connectivity index (χ1n) is 10.4. The number of halogens is 1. The lowest BCUT2D eigenvalue weighted by molar-refractivity contribution is 0.319. The highest BCUT2D eigenvalue weighted by molar-refractivity contribution is 7.99. The van der Waals surface area contributed by atoms with Crippen LogP contribution in [0.3, 0.4) is 0 Å². The number of hydrogen-bond donors (Lipinski definition) is 0. The van der Waals surface area contributed by atoms with Crippen molar-refractivity contribution in [3.63, 3.8) is 0 Å². The Bertz CT molecular complexity index is 991. The summed E-state index contributed by atoms with van der Waals surface area (Å²) in [5.41, 5.74) is 2.93. The molecule has 5 rings (SSSR count). The van der Waals surface area contributed by atoms with Gasteiger partial charge in [-0.3, -0.25) is 0 Å². The highest BCUT2D eigenvalue weighted by Crippen LogP contribution is 2.64. The molecule has 2 aromatic heterocycles. The lowest BCUT2D eigenvalue weighted by Gasteiger charge is -2.16. The van der Waals surface area contributed by atoms with Crippen LogP contribution in [0, 0.1) is 12.3 Å². The van der Waals surface area contributed by atoms with Crippen molar-refractivity contribution in [3.05, 3.63) is 48.0 Å². The molecule has 2 fully saturated rings. The van der Waals surface area contributed by atoms with Gasteiger partial charge in [-0.2, -0.15) is 0 Å². The molecule has 0 unspecified atom stereocenters. The molecule has 0 amide bonds. The molecule has 2 aliphatic rings. The Morgan fingerprint density at radius 3 is 2.83 bits per heavy atom. The third kappa shape index (κ3) is 4.03. The quantitative estimate of drug-likeness (QED) is 0.392. The molecule has 1 saturated heterocycles. The zero-order chi connectivity index (χ0) is 19.8. The SMILES string of the molecule is Cc1ncoc1-c1nnc(SCCCN2CC[C@]3(C[C@@H]3c3ccccc3)C2)n1C.Cl. The molecule has 1 aliphatic carbocycles. The summed E-state index contributed by atoms with van der Waals surface area (Å²) in [6.45, 7) is 5.59. The molecule has 1 spiro atoms. The van der Waals surface area contributed by atoms with E-state index in [0.717, 1.165) is 28.3 Å². The molecule has 0 N–H and O–H groups in total. The summed E-state index contributed by atoms with van der Waals surface area (Å²) in [4.78, 5) is 6.80. The second kappa shape index (κ2) is 8.73. The first-order valence-corrected chi connectivity index (χ1v) is 11.3. The van der Waals surface area contributed by atoms with Gasteiger partial charge in [-0.25, -0.2) is 4.98 Å². The first kappa shape index (κ1) is 21.4. The van der Waals surface area contributed by atoms with E-state index in [2.05, 4.69) is 50.4 Å². The highest BCUT2D eigenvalue weighted by atomic mass is 35.5. The number of nitrogens with zero attached hydrogens (tertiary/aromatic N) is 5. The predicted octanol–water partition coefficient (Wildman–Crippen LogP) is 4.56. The second-order valence-electron chi connectivity index (χ2n) is 8.39. The molecule has 2 atom stereocenters. The van der Waals surface area contributed by atoms with E-state index in [1.807, 2.05) is 18.5 Å². The number of aryl methyl sites for hydroxylation is 1. The van der Waals surface area contributed by atoms with Gasteiger partial charge in [0.2, 0.25) is 5.82 Å². The Kier molecular flexibility index (Phi) is 6.23. The second-order valence-corrected chi connectivity index (χ2v) is 9.45. The lowest BCUT2D eigenvalue weighted by Crippen LogP contribution is -2.23. The van der Waals surface area contributed by atoms with E-state index >= 15 is 0 Å². The first-order chi connectivity index (χ1) is 14.2. The molecule has 8 heteroatoms. The van der Waals surface area contributed by atoms with Gasteiger partial charge in [0.25, 0.3) is 0 Å². The van der Waals surface area contributed by atoms with Crippen LogP contribution in [0.4, 0.5) is 0 Å². The fraction of sp³-hybridized carbons (Fsp3) is 0.500. The van der Waals surface area contributed by atoms with Gasteiger partial charge < -0.3 is 13.9 Å². The molecular formula is C22H28ClN5OS. The molecule has 3 aromatic rings. The van der Waals surface area contributed by atoms with Crippen LogP contribution in [0.1, 0.15) is 36.4 Å². The van der Waals surface area contributed by atoms with Gasteiger partial charge >= 0.3 is 0 Å². The van der Waals surface area contributed by atoms with Crippen LogP contribution in [0.25, 0.3) is 11.6 Å². The van der Waals surface area contributed by atoms with Crippen LogP contribution in [-0.2, 0) is 7.05 Å². The molecule has 30 heavy (non-hydrogen) atoms. The molecule has 1 aromatic carbocycles. The summed E-state index contributed by atoms with van der Waals surface area (Å²) in [5.74, 6) is 3.27. The van der Waals surface area contributed by atoms with Crippen molar-refractivity contribution in [2.24, 2.45) is 12.5 Å². The van der Waals surface area contributed by atoms with E-state index in [1.54, 1.807) is 11.8 Å². The van der Waals surface area contributed by atoms with Crippen molar-refractivity contribution in [2.75, 3.05) is 25.4 Å². The van der Waals surface area contributed by atoms with Crippen LogP contribution in [0.5, 0.6) is 0 Å². The van der Waals surface area contributed by atoms with Gasteiger partial charge in [-0.1, -0.05) is 42.1 Å². The van der Waals surface area contributed by atoms with Crippen molar-refractivity contribution in [1.82, 2.24) is 24.6 Å². The fourth-order valence-corrected chi connectivity index (χ4v) is 5.57. The highest BCUT2D eigenvalue weighted by Gasteiger charge is 2.57. The smallest absolute Gasteiger partial charge is 0.202 e. The van der Waals surface area contributed by atoms with Crippen LogP contribution < -0.4 is 0 Å². The monoisotopic (exact) mass is 445 g/mol. The van der Waals surface area contributed by atoms with E-state index in [1.165, 1.54) is 50.9 Å². The van der Waals surface area contributed by atoms with Gasteiger partial charge in [0, 0.05) is 19.3 Å². The maximum atomic E-state index is 5.45. The largest absolute Gasteiger partial charge is 0.440 e. The maximum absolute atomic E-state index is 5.45. The molecular weight excluding hydrogens is 418 g/mol. The van der Waals surface area contributed by atoms with E-state index in [4.69, 9.17) is 4.42 Å². The Hall–Kier alpha value is -1.83. The molecule has 0 bridgehead atoms. The molecule has 6 nitrogen and oxygen atoms in total. The summed E-state index contributed by atoms with van der Waals surface area (Å²) in [5, 5.41) is 9.55. The fourth-order valence-electron chi connectivity index (χ4n) is 4.74. The Morgan fingerprint density at radius 1 is 1.23 bits per heavy atom. The van der Waals surface area contributed by atoms with Gasteiger partial charge in [0.15, 0.2) is 17.3 Å². The van der Waals surface area contributed by atoms with Crippen molar-refractivity contribution in [3.8, 4) is 11.6 Å². The molecule has 3 heterocycles. The molecule has 0 radical (unpaired) electrons. The minimum absolute atomic E-state index is 0.